The fourth-order valence-electron chi connectivity index (χ4n) is 1.74. The number of ketones is 1. The minimum absolute atomic E-state index is 0.120. The average molecular weight is 259 g/mol. The van der Waals surface area contributed by atoms with Crippen molar-refractivity contribution in [3.63, 3.8) is 0 Å². The monoisotopic (exact) mass is 259 g/mol. The molecule has 0 bridgehead atoms. The third kappa shape index (κ3) is 2.91. The van der Waals surface area contributed by atoms with E-state index in [2.05, 4.69) is 0 Å². The van der Waals surface area contributed by atoms with Crippen LogP contribution in [0.15, 0.2) is 36.4 Å². The first-order valence-electron chi connectivity index (χ1n) is 5.82. The summed E-state index contributed by atoms with van der Waals surface area (Å²) in [5.41, 5.74) is 7.39. The highest BCUT2D eigenvalue weighted by Crippen LogP contribution is 2.28. The maximum Gasteiger partial charge on any atom is 0.165 e. The molecule has 0 unspecified atom stereocenters. The van der Waals surface area contributed by atoms with Gasteiger partial charge in [-0.1, -0.05) is 6.07 Å². The van der Waals surface area contributed by atoms with Crippen LogP contribution in [0.1, 0.15) is 22.8 Å². The van der Waals surface area contributed by atoms with Crippen LogP contribution in [0.4, 0.5) is 10.1 Å². The largest absolute Gasteiger partial charge is 0.454 e. The zero-order valence-electron chi connectivity index (χ0n) is 10.7. The van der Waals surface area contributed by atoms with Crippen LogP contribution in [0.3, 0.4) is 0 Å². The lowest BCUT2D eigenvalue weighted by molar-refractivity contribution is 0.101. The summed E-state index contributed by atoms with van der Waals surface area (Å²) in [7, 11) is 0. The van der Waals surface area contributed by atoms with Gasteiger partial charge in [0.25, 0.3) is 0 Å². The summed E-state index contributed by atoms with van der Waals surface area (Å²) in [6, 6.07) is 9.28. The first-order chi connectivity index (χ1) is 8.97. The second kappa shape index (κ2) is 5.10. The zero-order chi connectivity index (χ0) is 14.0. The summed E-state index contributed by atoms with van der Waals surface area (Å²) in [4.78, 5) is 11.3. The van der Waals surface area contributed by atoms with Crippen LogP contribution in [-0.2, 0) is 0 Å². The van der Waals surface area contributed by atoms with Gasteiger partial charge < -0.3 is 10.5 Å². The maximum absolute atomic E-state index is 13.6. The van der Waals surface area contributed by atoms with E-state index < -0.39 is 5.82 Å². The molecule has 0 aliphatic rings. The molecule has 0 saturated carbocycles. The van der Waals surface area contributed by atoms with Crippen LogP contribution in [0.5, 0.6) is 11.5 Å². The number of benzene rings is 2. The molecule has 4 heteroatoms. The van der Waals surface area contributed by atoms with E-state index in [1.807, 2.05) is 6.92 Å². The molecule has 2 N–H and O–H groups in total. The number of hydrogen-bond donors (Lipinski definition) is 1. The van der Waals surface area contributed by atoms with Gasteiger partial charge in [-0.2, -0.15) is 0 Å². The van der Waals surface area contributed by atoms with Gasteiger partial charge in [-0.3, -0.25) is 4.79 Å². The van der Waals surface area contributed by atoms with Gasteiger partial charge in [-0.05, 0) is 43.7 Å². The Bertz CT molecular complexity index is 638. The minimum Gasteiger partial charge on any atom is -0.454 e. The molecule has 3 nitrogen and oxygen atoms in total. The lowest BCUT2D eigenvalue weighted by Gasteiger charge is -2.09. The topological polar surface area (TPSA) is 52.3 Å². The lowest BCUT2D eigenvalue weighted by Crippen LogP contribution is -2.00. The van der Waals surface area contributed by atoms with Crippen molar-refractivity contribution in [1.29, 1.82) is 0 Å². The summed E-state index contributed by atoms with van der Waals surface area (Å²) in [5.74, 6) is -0.0347. The molecule has 0 aliphatic heterocycles. The van der Waals surface area contributed by atoms with Crippen molar-refractivity contribution in [3.8, 4) is 11.5 Å². The van der Waals surface area contributed by atoms with E-state index in [-0.39, 0.29) is 11.5 Å². The number of carbonyl (C=O) groups is 1. The van der Waals surface area contributed by atoms with Crippen molar-refractivity contribution < 1.29 is 13.9 Å². The van der Waals surface area contributed by atoms with Crippen LogP contribution < -0.4 is 10.5 Å². The molecule has 2 aromatic rings. The Morgan fingerprint density at radius 2 is 1.95 bits per heavy atom. The van der Waals surface area contributed by atoms with Crippen molar-refractivity contribution in [2.45, 2.75) is 13.8 Å². The molecular weight excluding hydrogens is 245 g/mol. The number of Topliss-reactive ketones (excluding diaryl/α,β-unsaturated/α-hetero) is 1. The van der Waals surface area contributed by atoms with Gasteiger partial charge in [0.1, 0.15) is 5.75 Å². The molecule has 2 rings (SSSR count). The Kier molecular flexibility index (Phi) is 3.51. The fourth-order valence-corrected chi connectivity index (χ4v) is 1.74. The van der Waals surface area contributed by atoms with E-state index in [0.29, 0.717) is 17.0 Å². The van der Waals surface area contributed by atoms with Crippen molar-refractivity contribution in [3.05, 3.63) is 53.3 Å². The summed E-state index contributed by atoms with van der Waals surface area (Å²) in [6.07, 6.45) is 0. The maximum atomic E-state index is 13.6. The molecular formula is C15H14FNO2. The van der Waals surface area contributed by atoms with E-state index in [1.165, 1.54) is 19.1 Å². The number of carbonyl (C=O) groups excluding carboxylic acids is 1. The van der Waals surface area contributed by atoms with Crippen LogP contribution in [0.2, 0.25) is 0 Å². The molecule has 0 saturated heterocycles. The predicted octanol–water partition coefficient (Wildman–Crippen LogP) is 3.71. The van der Waals surface area contributed by atoms with E-state index >= 15 is 0 Å². The molecule has 98 valence electrons. The van der Waals surface area contributed by atoms with Gasteiger partial charge in [0, 0.05) is 17.3 Å². The molecule has 0 heterocycles. The smallest absolute Gasteiger partial charge is 0.165 e. The van der Waals surface area contributed by atoms with Crippen LogP contribution in [0, 0.1) is 12.7 Å². The Morgan fingerprint density at radius 3 is 2.58 bits per heavy atom. The van der Waals surface area contributed by atoms with Gasteiger partial charge >= 0.3 is 0 Å². The summed E-state index contributed by atoms with van der Waals surface area (Å²) in [6.45, 7) is 3.28. The Hall–Kier alpha value is -2.36. The lowest BCUT2D eigenvalue weighted by atomic mass is 10.1. The van der Waals surface area contributed by atoms with Crippen molar-refractivity contribution in [2.75, 3.05) is 5.73 Å². The van der Waals surface area contributed by atoms with Gasteiger partial charge in [-0.15, -0.1) is 0 Å². The van der Waals surface area contributed by atoms with Crippen LogP contribution in [0.25, 0.3) is 0 Å². The molecule has 0 radical (unpaired) electrons. The third-order valence-electron chi connectivity index (χ3n) is 2.72. The van der Waals surface area contributed by atoms with Crippen LogP contribution >= 0.6 is 0 Å². The third-order valence-corrected chi connectivity index (χ3v) is 2.72. The SMILES string of the molecule is CC(=O)c1ccc(Oc2cc(C)ccc2F)cc1N. The molecule has 0 aromatic heterocycles. The highest BCUT2D eigenvalue weighted by molar-refractivity contribution is 5.99. The summed E-state index contributed by atoms with van der Waals surface area (Å²) in [5, 5.41) is 0. The fraction of sp³-hybridized carbons (Fsp3) is 0.133. The van der Waals surface area contributed by atoms with Crippen molar-refractivity contribution >= 4 is 11.5 Å². The highest BCUT2D eigenvalue weighted by Gasteiger charge is 2.09. The zero-order valence-corrected chi connectivity index (χ0v) is 10.7. The normalized spacial score (nSPS) is 10.3. The van der Waals surface area contributed by atoms with Crippen LogP contribution in [-0.4, -0.2) is 5.78 Å². The van der Waals surface area contributed by atoms with Crippen molar-refractivity contribution in [1.82, 2.24) is 0 Å². The number of nitrogen functional groups attached to an aromatic ring is 1. The highest BCUT2D eigenvalue weighted by atomic mass is 19.1. The molecule has 0 atom stereocenters. The quantitative estimate of drug-likeness (QED) is 0.675. The predicted molar refractivity (Wildman–Crippen MR) is 72.1 cm³/mol. The molecule has 0 amide bonds. The Labute approximate surface area is 110 Å². The molecule has 19 heavy (non-hydrogen) atoms. The van der Waals surface area contributed by atoms with Crippen molar-refractivity contribution in [2.24, 2.45) is 0 Å². The van der Waals surface area contributed by atoms with E-state index in [0.717, 1.165) is 5.56 Å². The minimum atomic E-state index is -0.445. The number of nitrogens with two attached hydrogens (primary N) is 1. The first kappa shape index (κ1) is 13.1. The average Bonchev–Trinajstić information content (AvgIpc) is 2.33. The Balaban J connectivity index is 2.31. The number of ether oxygens (including phenoxy) is 1. The number of halogens is 1. The number of aryl methyl sites for hydroxylation is 1. The second-order valence-corrected chi connectivity index (χ2v) is 4.34. The summed E-state index contributed by atoms with van der Waals surface area (Å²) < 4.78 is 19.0. The van der Waals surface area contributed by atoms with Gasteiger partial charge in [-0.25, -0.2) is 4.39 Å². The number of rotatable bonds is 3. The molecule has 2 aromatic carbocycles. The molecule has 0 aliphatic carbocycles. The molecule has 0 spiro atoms. The standard InChI is InChI=1S/C15H14FNO2/c1-9-3-6-13(16)15(7-9)19-11-4-5-12(10(2)18)14(17)8-11/h3-8H,17H2,1-2H3. The van der Waals surface area contributed by atoms with E-state index in [4.69, 9.17) is 10.5 Å². The first-order valence-corrected chi connectivity index (χ1v) is 5.82. The van der Waals surface area contributed by atoms with E-state index in [1.54, 1.807) is 24.3 Å². The van der Waals surface area contributed by atoms with Gasteiger partial charge in [0.05, 0.1) is 0 Å². The number of anilines is 1. The second-order valence-electron chi connectivity index (χ2n) is 4.34. The Morgan fingerprint density at radius 1 is 1.21 bits per heavy atom. The number of hydrogen-bond acceptors (Lipinski definition) is 3. The van der Waals surface area contributed by atoms with Gasteiger partial charge in [0.2, 0.25) is 0 Å². The van der Waals surface area contributed by atoms with E-state index in [9.17, 15) is 9.18 Å². The summed E-state index contributed by atoms with van der Waals surface area (Å²) >= 11 is 0. The van der Waals surface area contributed by atoms with Gasteiger partial charge in [0.15, 0.2) is 17.3 Å². The molecule has 0 fully saturated rings.